The van der Waals surface area contributed by atoms with Crippen LogP contribution >= 0.6 is 23.2 Å². The quantitative estimate of drug-likeness (QED) is 0.392. The van der Waals surface area contributed by atoms with Crippen molar-refractivity contribution < 1.29 is 9.53 Å². The number of hydrogen-bond acceptors (Lipinski definition) is 2. The van der Waals surface area contributed by atoms with Gasteiger partial charge in [0.1, 0.15) is 6.10 Å². The van der Waals surface area contributed by atoms with Crippen molar-refractivity contribution in [1.29, 1.82) is 0 Å². The van der Waals surface area contributed by atoms with Gasteiger partial charge in [0, 0.05) is 6.42 Å². The molecular weight excluding hydrogens is 187 g/mol. The van der Waals surface area contributed by atoms with E-state index in [0.717, 1.165) is 0 Å². The number of hydrogen-bond donors (Lipinski definition) is 0. The fourth-order valence-corrected chi connectivity index (χ4v) is 0.635. The van der Waals surface area contributed by atoms with Crippen LogP contribution in [0.5, 0.6) is 0 Å². The van der Waals surface area contributed by atoms with Crippen molar-refractivity contribution in [3.63, 3.8) is 0 Å². The van der Waals surface area contributed by atoms with Crippen LogP contribution in [-0.4, -0.2) is 16.9 Å². The minimum absolute atomic E-state index is 0.208. The summed E-state index contributed by atoms with van der Waals surface area (Å²) in [5.74, 6) is -0.609. The van der Waals surface area contributed by atoms with Gasteiger partial charge < -0.3 is 4.74 Å². The zero-order chi connectivity index (χ0) is 8.85. The zero-order valence-corrected chi connectivity index (χ0v) is 7.73. The molecule has 0 aliphatic heterocycles. The first-order chi connectivity index (χ1) is 5.07. The van der Waals surface area contributed by atoms with Crippen molar-refractivity contribution in [3.8, 4) is 0 Å². The predicted octanol–water partition coefficient (Wildman–Crippen LogP) is 2.30. The number of alkyl halides is 2. The van der Waals surface area contributed by atoms with Gasteiger partial charge in [-0.2, -0.15) is 0 Å². The van der Waals surface area contributed by atoms with Crippen molar-refractivity contribution >= 4 is 29.2 Å². The lowest BCUT2D eigenvalue weighted by molar-refractivity contribution is -0.145. The Balaban J connectivity index is 3.65. The highest BCUT2D eigenvalue weighted by atomic mass is 35.5. The van der Waals surface area contributed by atoms with E-state index in [-0.39, 0.29) is 6.10 Å². The van der Waals surface area contributed by atoms with Gasteiger partial charge in [0.15, 0.2) is 0 Å². The molecule has 0 bridgehead atoms. The van der Waals surface area contributed by atoms with E-state index in [1.165, 1.54) is 0 Å². The van der Waals surface area contributed by atoms with Gasteiger partial charge in [-0.25, -0.2) is 4.79 Å². The number of carbonyl (C=O) groups is 1. The van der Waals surface area contributed by atoms with Gasteiger partial charge in [0.2, 0.25) is 4.84 Å². The van der Waals surface area contributed by atoms with Gasteiger partial charge in [0.25, 0.3) is 0 Å². The van der Waals surface area contributed by atoms with Crippen molar-refractivity contribution in [2.45, 2.75) is 24.3 Å². The Morgan fingerprint density at radius 3 is 2.64 bits per heavy atom. The van der Waals surface area contributed by atoms with Crippen LogP contribution in [0.4, 0.5) is 0 Å². The molecule has 0 fully saturated rings. The lowest BCUT2D eigenvalue weighted by Crippen LogP contribution is -2.18. The summed E-state index contributed by atoms with van der Waals surface area (Å²) in [6.45, 7) is 5.24. The molecule has 0 N–H and O–H groups in total. The first-order valence-corrected chi connectivity index (χ1v) is 4.04. The van der Waals surface area contributed by atoms with Gasteiger partial charge in [-0.15, -0.1) is 6.58 Å². The molecule has 64 valence electrons. The number of ether oxygens (including phenoxy) is 1. The van der Waals surface area contributed by atoms with Crippen LogP contribution in [0.1, 0.15) is 13.3 Å². The third kappa shape index (κ3) is 5.10. The first-order valence-electron chi connectivity index (χ1n) is 3.17. The van der Waals surface area contributed by atoms with E-state index in [2.05, 4.69) is 6.58 Å². The Morgan fingerprint density at radius 1 is 1.73 bits per heavy atom. The molecule has 11 heavy (non-hydrogen) atoms. The predicted molar refractivity (Wildman–Crippen MR) is 45.9 cm³/mol. The van der Waals surface area contributed by atoms with Crippen LogP contribution in [0, 0.1) is 0 Å². The summed E-state index contributed by atoms with van der Waals surface area (Å²) in [6, 6.07) is 0. The maximum absolute atomic E-state index is 10.7. The van der Waals surface area contributed by atoms with Gasteiger partial charge in [-0.1, -0.05) is 29.3 Å². The van der Waals surface area contributed by atoms with Gasteiger partial charge in [0.05, 0.1) is 0 Å². The third-order valence-corrected chi connectivity index (χ3v) is 1.35. The molecule has 2 nitrogen and oxygen atoms in total. The van der Waals surface area contributed by atoms with Crippen LogP contribution < -0.4 is 0 Å². The molecule has 0 saturated carbocycles. The highest BCUT2D eigenvalue weighted by Gasteiger charge is 2.15. The van der Waals surface area contributed by atoms with Crippen LogP contribution in [-0.2, 0) is 9.53 Å². The average Bonchev–Trinajstić information content (AvgIpc) is 1.87. The molecule has 0 spiro atoms. The molecule has 0 aliphatic rings. The number of rotatable bonds is 4. The topological polar surface area (TPSA) is 26.3 Å². The lowest BCUT2D eigenvalue weighted by Gasteiger charge is -2.10. The molecule has 4 heteroatoms. The molecular formula is C7H10Cl2O2. The molecule has 0 aliphatic carbocycles. The second-order valence-electron chi connectivity index (χ2n) is 2.07. The summed E-state index contributed by atoms with van der Waals surface area (Å²) in [5.41, 5.74) is 0. The minimum atomic E-state index is -1.10. The lowest BCUT2D eigenvalue weighted by atomic mass is 10.3. The monoisotopic (exact) mass is 196 g/mol. The van der Waals surface area contributed by atoms with E-state index in [1.54, 1.807) is 13.0 Å². The Bertz CT molecular complexity index is 145. The summed E-state index contributed by atoms with van der Waals surface area (Å²) in [6.07, 6.45) is 2.06. The third-order valence-electron chi connectivity index (χ3n) is 0.994. The van der Waals surface area contributed by atoms with E-state index in [4.69, 9.17) is 27.9 Å². The van der Waals surface area contributed by atoms with Crippen molar-refractivity contribution in [2.24, 2.45) is 0 Å². The minimum Gasteiger partial charge on any atom is -0.460 e. The van der Waals surface area contributed by atoms with Gasteiger partial charge in [-0.3, -0.25) is 0 Å². The number of esters is 1. The number of carbonyl (C=O) groups excluding carboxylic acids is 1. The van der Waals surface area contributed by atoms with E-state index in [1.807, 2.05) is 0 Å². The summed E-state index contributed by atoms with van der Waals surface area (Å²) >= 11 is 10.5. The fourth-order valence-electron chi connectivity index (χ4n) is 0.533. The van der Waals surface area contributed by atoms with Gasteiger partial charge >= 0.3 is 5.97 Å². The molecule has 1 unspecified atom stereocenters. The van der Waals surface area contributed by atoms with Crippen molar-refractivity contribution in [1.82, 2.24) is 0 Å². The van der Waals surface area contributed by atoms with Crippen molar-refractivity contribution in [3.05, 3.63) is 12.7 Å². The smallest absolute Gasteiger partial charge is 0.339 e. The second kappa shape index (κ2) is 5.44. The molecule has 0 aromatic rings. The summed E-state index contributed by atoms with van der Waals surface area (Å²) < 4.78 is 4.78. The first kappa shape index (κ1) is 10.8. The molecule has 0 rings (SSSR count). The Hall–Kier alpha value is -0.210. The van der Waals surface area contributed by atoms with E-state index < -0.39 is 10.8 Å². The Labute approximate surface area is 76.1 Å². The van der Waals surface area contributed by atoms with Gasteiger partial charge in [-0.05, 0) is 6.92 Å². The van der Waals surface area contributed by atoms with E-state index in [9.17, 15) is 4.79 Å². The van der Waals surface area contributed by atoms with Crippen LogP contribution in [0.15, 0.2) is 12.7 Å². The SMILES string of the molecule is C=CCC(C)OC(=O)C(Cl)Cl. The van der Waals surface area contributed by atoms with E-state index >= 15 is 0 Å². The zero-order valence-electron chi connectivity index (χ0n) is 6.22. The van der Waals surface area contributed by atoms with Crippen LogP contribution in [0.3, 0.4) is 0 Å². The summed E-state index contributed by atoms with van der Waals surface area (Å²) in [4.78, 5) is 9.61. The standard InChI is InChI=1S/C7H10Cl2O2/c1-3-4-5(2)11-7(10)6(8)9/h3,5-6H,1,4H2,2H3. The molecule has 0 aromatic heterocycles. The average molecular weight is 197 g/mol. The molecule has 0 radical (unpaired) electrons. The molecule has 0 amide bonds. The van der Waals surface area contributed by atoms with Crippen molar-refractivity contribution in [2.75, 3.05) is 0 Å². The normalized spacial score (nSPS) is 12.7. The maximum atomic E-state index is 10.7. The molecule has 0 saturated heterocycles. The van der Waals surface area contributed by atoms with E-state index in [0.29, 0.717) is 6.42 Å². The summed E-state index contributed by atoms with van der Waals surface area (Å²) in [7, 11) is 0. The Morgan fingerprint density at radius 2 is 2.27 bits per heavy atom. The molecule has 0 heterocycles. The Kier molecular flexibility index (Phi) is 5.34. The fraction of sp³-hybridized carbons (Fsp3) is 0.571. The molecule has 0 aromatic carbocycles. The second-order valence-corrected chi connectivity index (χ2v) is 3.17. The highest BCUT2D eigenvalue weighted by molar-refractivity contribution is 6.52. The number of halogens is 2. The largest absolute Gasteiger partial charge is 0.460 e. The summed E-state index contributed by atoms with van der Waals surface area (Å²) in [5, 5.41) is 0. The highest BCUT2D eigenvalue weighted by Crippen LogP contribution is 2.07. The molecule has 1 atom stereocenters. The van der Waals surface area contributed by atoms with Crippen LogP contribution in [0.2, 0.25) is 0 Å². The van der Waals surface area contributed by atoms with Crippen LogP contribution in [0.25, 0.3) is 0 Å². The maximum Gasteiger partial charge on any atom is 0.339 e.